The van der Waals surface area contributed by atoms with Gasteiger partial charge in [0.15, 0.2) is 0 Å². The maximum Gasteiger partial charge on any atom is 0.221 e. The molecular weight excluding hydrogens is 228 g/mol. The van der Waals surface area contributed by atoms with Crippen molar-refractivity contribution in [2.24, 2.45) is 5.92 Å². The van der Waals surface area contributed by atoms with Crippen molar-refractivity contribution >= 4 is 11.7 Å². The Balaban J connectivity index is 2.24. The molecule has 1 aromatic heterocycles. The average Bonchev–Trinajstić information content (AvgIpc) is 2.37. The maximum atomic E-state index is 11.4. The van der Waals surface area contributed by atoms with Crippen LogP contribution in [0.15, 0.2) is 18.3 Å². The molecule has 18 heavy (non-hydrogen) atoms. The average molecular weight is 246 g/mol. The first-order chi connectivity index (χ1) is 8.61. The number of pyridine rings is 1. The highest BCUT2D eigenvalue weighted by molar-refractivity contribution is 5.76. The third-order valence-corrected chi connectivity index (χ3v) is 2.26. The summed E-state index contributed by atoms with van der Waals surface area (Å²) in [7, 11) is 0. The van der Waals surface area contributed by atoms with Crippen molar-refractivity contribution in [1.29, 1.82) is 5.26 Å². The van der Waals surface area contributed by atoms with Crippen molar-refractivity contribution in [3.8, 4) is 6.07 Å². The van der Waals surface area contributed by atoms with Gasteiger partial charge < -0.3 is 10.6 Å². The number of hydrogen-bond donors (Lipinski definition) is 2. The molecule has 0 fully saturated rings. The molecular formula is C13H18N4O. The van der Waals surface area contributed by atoms with Gasteiger partial charge in [-0.25, -0.2) is 4.98 Å². The number of amides is 1. The first-order valence-electron chi connectivity index (χ1n) is 5.98. The standard InChI is InChI=1S/C13H18N4O/c1-10(2)8-17-13(18)5-6-15-12-4-3-11(7-14)9-16-12/h3-4,9-10H,5-6,8H2,1-2H3,(H,15,16)(H,17,18). The lowest BCUT2D eigenvalue weighted by Crippen LogP contribution is -2.28. The molecule has 0 aliphatic heterocycles. The number of carbonyl (C=O) groups is 1. The van der Waals surface area contributed by atoms with E-state index in [1.807, 2.05) is 6.07 Å². The Morgan fingerprint density at radius 1 is 1.50 bits per heavy atom. The number of carbonyl (C=O) groups excluding carboxylic acids is 1. The molecule has 0 spiro atoms. The summed E-state index contributed by atoms with van der Waals surface area (Å²) < 4.78 is 0. The molecule has 0 aliphatic carbocycles. The van der Waals surface area contributed by atoms with Crippen LogP contribution in [-0.4, -0.2) is 24.0 Å². The summed E-state index contributed by atoms with van der Waals surface area (Å²) in [6, 6.07) is 5.42. The normalized spacial score (nSPS) is 9.89. The van der Waals surface area contributed by atoms with Gasteiger partial charge >= 0.3 is 0 Å². The van der Waals surface area contributed by atoms with Crippen LogP contribution in [0.1, 0.15) is 25.8 Å². The van der Waals surface area contributed by atoms with Crippen LogP contribution < -0.4 is 10.6 Å². The molecule has 0 unspecified atom stereocenters. The van der Waals surface area contributed by atoms with E-state index in [4.69, 9.17) is 5.26 Å². The fourth-order valence-electron chi connectivity index (χ4n) is 1.28. The minimum Gasteiger partial charge on any atom is -0.370 e. The van der Waals surface area contributed by atoms with E-state index >= 15 is 0 Å². The van der Waals surface area contributed by atoms with E-state index < -0.39 is 0 Å². The molecule has 1 aromatic rings. The molecule has 1 heterocycles. The third-order valence-electron chi connectivity index (χ3n) is 2.26. The summed E-state index contributed by atoms with van der Waals surface area (Å²) in [6.45, 7) is 5.34. The summed E-state index contributed by atoms with van der Waals surface area (Å²) in [5.41, 5.74) is 0.523. The summed E-state index contributed by atoms with van der Waals surface area (Å²) in [5.74, 6) is 1.16. The van der Waals surface area contributed by atoms with E-state index in [0.29, 0.717) is 36.8 Å². The Kier molecular flexibility index (Phi) is 5.65. The predicted octanol–water partition coefficient (Wildman–Crippen LogP) is 1.53. The Labute approximate surface area is 107 Å². The molecule has 1 rings (SSSR count). The largest absolute Gasteiger partial charge is 0.370 e. The van der Waals surface area contributed by atoms with Crippen LogP contribution in [0.5, 0.6) is 0 Å². The zero-order chi connectivity index (χ0) is 13.4. The van der Waals surface area contributed by atoms with Crippen LogP contribution in [0.4, 0.5) is 5.82 Å². The molecule has 96 valence electrons. The number of anilines is 1. The van der Waals surface area contributed by atoms with Crippen LogP contribution >= 0.6 is 0 Å². The second-order valence-corrected chi connectivity index (χ2v) is 4.42. The van der Waals surface area contributed by atoms with E-state index in [9.17, 15) is 4.79 Å². The van der Waals surface area contributed by atoms with Crippen molar-refractivity contribution in [2.45, 2.75) is 20.3 Å². The molecule has 0 radical (unpaired) electrons. The van der Waals surface area contributed by atoms with Gasteiger partial charge in [0.25, 0.3) is 0 Å². The summed E-state index contributed by atoms with van der Waals surface area (Å²) >= 11 is 0. The highest BCUT2D eigenvalue weighted by atomic mass is 16.1. The molecule has 0 aliphatic rings. The monoisotopic (exact) mass is 246 g/mol. The van der Waals surface area contributed by atoms with Crippen LogP contribution in [0.3, 0.4) is 0 Å². The topological polar surface area (TPSA) is 77.8 Å². The lowest BCUT2D eigenvalue weighted by molar-refractivity contribution is -0.120. The quantitative estimate of drug-likeness (QED) is 0.798. The van der Waals surface area contributed by atoms with Gasteiger partial charge in [-0.15, -0.1) is 0 Å². The van der Waals surface area contributed by atoms with E-state index in [1.165, 1.54) is 6.20 Å². The maximum absolute atomic E-state index is 11.4. The Morgan fingerprint density at radius 2 is 2.28 bits per heavy atom. The Hall–Kier alpha value is -2.09. The summed E-state index contributed by atoms with van der Waals surface area (Å²) in [5, 5.41) is 14.5. The minimum atomic E-state index is 0.0323. The van der Waals surface area contributed by atoms with Gasteiger partial charge in [-0.1, -0.05) is 13.8 Å². The van der Waals surface area contributed by atoms with E-state index in [1.54, 1.807) is 12.1 Å². The van der Waals surface area contributed by atoms with Crippen LogP contribution in [0.2, 0.25) is 0 Å². The fourth-order valence-corrected chi connectivity index (χ4v) is 1.28. The number of rotatable bonds is 6. The number of nitrogens with zero attached hydrogens (tertiary/aromatic N) is 2. The molecule has 5 heteroatoms. The summed E-state index contributed by atoms with van der Waals surface area (Å²) in [4.78, 5) is 15.5. The van der Waals surface area contributed by atoms with Crippen molar-refractivity contribution < 1.29 is 4.79 Å². The zero-order valence-corrected chi connectivity index (χ0v) is 10.7. The number of nitrogens with one attached hydrogen (secondary N) is 2. The van der Waals surface area contributed by atoms with Gasteiger partial charge in [0.2, 0.25) is 5.91 Å². The highest BCUT2D eigenvalue weighted by Crippen LogP contribution is 2.03. The van der Waals surface area contributed by atoms with Gasteiger partial charge in [-0.05, 0) is 18.1 Å². The Bertz CT molecular complexity index is 420. The highest BCUT2D eigenvalue weighted by Gasteiger charge is 2.02. The molecule has 5 nitrogen and oxygen atoms in total. The molecule has 2 N–H and O–H groups in total. The SMILES string of the molecule is CC(C)CNC(=O)CCNc1ccc(C#N)cn1. The predicted molar refractivity (Wildman–Crippen MR) is 69.9 cm³/mol. The van der Waals surface area contributed by atoms with Gasteiger partial charge in [-0.2, -0.15) is 5.26 Å². The number of hydrogen-bond acceptors (Lipinski definition) is 4. The second kappa shape index (κ2) is 7.28. The van der Waals surface area contributed by atoms with E-state index in [0.717, 1.165) is 0 Å². The molecule has 0 aromatic carbocycles. The molecule has 0 saturated heterocycles. The molecule has 0 saturated carbocycles. The first-order valence-corrected chi connectivity index (χ1v) is 5.98. The molecule has 0 atom stereocenters. The first kappa shape index (κ1) is 14.0. The smallest absolute Gasteiger partial charge is 0.221 e. The van der Waals surface area contributed by atoms with E-state index in [2.05, 4.69) is 29.5 Å². The lowest BCUT2D eigenvalue weighted by atomic mass is 10.2. The molecule has 0 bridgehead atoms. The van der Waals surface area contributed by atoms with Gasteiger partial charge in [0.1, 0.15) is 11.9 Å². The number of nitriles is 1. The minimum absolute atomic E-state index is 0.0323. The molecule has 1 amide bonds. The van der Waals surface area contributed by atoms with Crippen molar-refractivity contribution in [1.82, 2.24) is 10.3 Å². The van der Waals surface area contributed by atoms with Crippen LogP contribution in [-0.2, 0) is 4.79 Å². The fraction of sp³-hybridized carbons (Fsp3) is 0.462. The third kappa shape index (κ3) is 5.30. The van der Waals surface area contributed by atoms with Gasteiger partial charge in [0, 0.05) is 25.7 Å². The zero-order valence-electron chi connectivity index (χ0n) is 10.7. The van der Waals surface area contributed by atoms with Gasteiger partial charge in [0.05, 0.1) is 5.56 Å². The summed E-state index contributed by atoms with van der Waals surface area (Å²) in [6.07, 6.45) is 1.91. The number of aromatic nitrogens is 1. The van der Waals surface area contributed by atoms with Crippen LogP contribution in [0, 0.1) is 17.2 Å². The Morgan fingerprint density at radius 3 is 2.83 bits per heavy atom. The second-order valence-electron chi connectivity index (χ2n) is 4.42. The van der Waals surface area contributed by atoms with Gasteiger partial charge in [-0.3, -0.25) is 4.79 Å². The van der Waals surface area contributed by atoms with E-state index in [-0.39, 0.29) is 5.91 Å². The van der Waals surface area contributed by atoms with Crippen molar-refractivity contribution in [2.75, 3.05) is 18.4 Å². The lowest BCUT2D eigenvalue weighted by Gasteiger charge is -2.08. The van der Waals surface area contributed by atoms with Crippen molar-refractivity contribution in [3.63, 3.8) is 0 Å². The van der Waals surface area contributed by atoms with Crippen LogP contribution in [0.25, 0.3) is 0 Å². The van der Waals surface area contributed by atoms with Crippen molar-refractivity contribution in [3.05, 3.63) is 23.9 Å².